The van der Waals surface area contributed by atoms with E-state index < -0.39 is 0 Å². The average Bonchev–Trinajstić information content (AvgIpc) is 2.54. The molecule has 0 aromatic heterocycles. The minimum atomic E-state index is -0.270. The van der Waals surface area contributed by atoms with Crippen molar-refractivity contribution in [2.45, 2.75) is 32.1 Å². The van der Waals surface area contributed by atoms with Gasteiger partial charge in [-0.25, -0.2) is 5.43 Å². The Bertz CT molecular complexity index is 482. The molecule has 1 amide bonds. The van der Waals surface area contributed by atoms with Crippen LogP contribution in [0.3, 0.4) is 0 Å². The predicted molar refractivity (Wildman–Crippen MR) is 81.7 cm³/mol. The molecule has 1 aliphatic carbocycles. The van der Waals surface area contributed by atoms with Crippen molar-refractivity contribution in [3.63, 3.8) is 0 Å². The van der Waals surface area contributed by atoms with Gasteiger partial charge in [0.1, 0.15) is 0 Å². The minimum Gasteiger partial charge on any atom is -0.493 e. The van der Waals surface area contributed by atoms with E-state index in [0.29, 0.717) is 17.4 Å². The van der Waals surface area contributed by atoms with Gasteiger partial charge < -0.3 is 9.47 Å². The Morgan fingerprint density at radius 3 is 2.71 bits per heavy atom. The summed E-state index contributed by atoms with van der Waals surface area (Å²) in [5.74, 6) is 1.38. The fourth-order valence-electron chi connectivity index (χ4n) is 2.41. The second kappa shape index (κ2) is 8.29. The summed E-state index contributed by atoms with van der Waals surface area (Å²) >= 11 is 0. The zero-order valence-corrected chi connectivity index (χ0v) is 12.4. The number of hydrazone groups is 1. The van der Waals surface area contributed by atoms with Crippen LogP contribution >= 0.6 is 0 Å². The maximum atomic E-state index is 11.7. The fraction of sp³-hybridized carbons (Fsp3) is 0.500. The molecule has 21 heavy (non-hydrogen) atoms. The highest BCUT2D eigenvalue weighted by atomic mass is 16.5. The van der Waals surface area contributed by atoms with Crippen molar-refractivity contribution >= 4 is 12.1 Å². The maximum absolute atomic E-state index is 11.7. The van der Waals surface area contributed by atoms with Crippen molar-refractivity contribution in [1.29, 1.82) is 0 Å². The first-order chi connectivity index (χ1) is 10.3. The largest absolute Gasteiger partial charge is 0.493 e. The van der Waals surface area contributed by atoms with Crippen LogP contribution in [-0.4, -0.2) is 25.8 Å². The molecule has 5 heteroatoms. The Morgan fingerprint density at radius 1 is 1.29 bits per heavy atom. The third kappa shape index (κ3) is 5.10. The highest BCUT2D eigenvalue weighted by Crippen LogP contribution is 2.25. The first kappa shape index (κ1) is 15.4. The Morgan fingerprint density at radius 2 is 2.00 bits per heavy atom. The molecule has 0 aliphatic heterocycles. The number of nitrogens with one attached hydrogen (secondary N) is 1. The molecule has 2 rings (SSSR count). The molecular weight excluding hydrogens is 268 g/mol. The predicted octanol–water partition coefficient (Wildman–Crippen LogP) is 2.76. The molecule has 0 saturated heterocycles. The zero-order valence-electron chi connectivity index (χ0n) is 12.4. The smallest absolute Gasteiger partial charge is 0.277 e. The SMILES string of the molecule is COc1ccccc1OCC(=O)N/N=C\C1CCCCC1. The standard InChI is InChI=1S/C16H22N2O3/c1-20-14-9-5-6-10-15(14)21-12-16(19)18-17-11-13-7-3-2-4-8-13/h5-6,9-11,13H,2-4,7-8,12H2,1H3,(H,18,19)/b17-11-. The number of para-hydroxylation sites is 2. The van der Waals surface area contributed by atoms with Gasteiger partial charge in [-0.15, -0.1) is 0 Å². The highest BCUT2D eigenvalue weighted by molar-refractivity contribution is 5.78. The summed E-state index contributed by atoms with van der Waals surface area (Å²) < 4.78 is 10.6. The third-order valence-corrected chi connectivity index (χ3v) is 3.55. The van der Waals surface area contributed by atoms with Crippen molar-refractivity contribution in [3.05, 3.63) is 24.3 Å². The van der Waals surface area contributed by atoms with Gasteiger partial charge in [-0.1, -0.05) is 31.4 Å². The van der Waals surface area contributed by atoms with Crippen LogP contribution in [0.25, 0.3) is 0 Å². The topological polar surface area (TPSA) is 59.9 Å². The zero-order chi connectivity index (χ0) is 14.9. The van der Waals surface area contributed by atoms with Crippen LogP contribution in [0, 0.1) is 5.92 Å². The number of carbonyl (C=O) groups is 1. The Kier molecular flexibility index (Phi) is 6.06. The number of benzene rings is 1. The number of hydrogen-bond donors (Lipinski definition) is 1. The normalized spacial score (nSPS) is 15.9. The van der Waals surface area contributed by atoms with E-state index in [0.717, 1.165) is 12.8 Å². The highest BCUT2D eigenvalue weighted by Gasteiger charge is 2.11. The third-order valence-electron chi connectivity index (χ3n) is 3.55. The quantitative estimate of drug-likeness (QED) is 0.647. The van der Waals surface area contributed by atoms with Crippen LogP contribution in [-0.2, 0) is 4.79 Å². The van der Waals surface area contributed by atoms with Gasteiger partial charge in [0.25, 0.3) is 5.91 Å². The average molecular weight is 290 g/mol. The van der Waals surface area contributed by atoms with Gasteiger partial charge in [0.2, 0.25) is 0 Å². The van der Waals surface area contributed by atoms with E-state index in [4.69, 9.17) is 9.47 Å². The molecule has 5 nitrogen and oxygen atoms in total. The first-order valence-corrected chi connectivity index (χ1v) is 7.37. The number of carbonyl (C=O) groups excluding carboxylic acids is 1. The summed E-state index contributed by atoms with van der Waals surface area (Å²) in [5, 5.41) is 4.01. The van der Waals surface area contributed by atoms with Gasteiger partial charge in [-0.3, -0.25) is 4.79 Å². The van der Waals surface area contributed by atoms with Crippen molar-refractivity contribution in [3.8, 4) is 11.5 Å². The molecule has 0 unspecified atom stereocenters. The number of hydrogen-bond acceptors (Lipinski definition) is 4. The van der Waals surface area contributed by atoms with Crippen LogP contribution in [0.1, 0.15) is 32.1 Å². The molecule has 0 bridgehead atoms. The molecular formula is C16H22N2O3. The lowest BCUT2D eigenvalue weighted by molar-refractivity contribution is -0.123. The van der Waals surface area contributed by atoms with Crippen molar-refractivity contribution < 1.29 is 14.3 Å². The summed E-state index contributed by atoms with van der Waals surface area (Å²) in [6, 6.07) is 7.23. The summed E-state index contributed by atoms with van der Waals surface area (Å²) in [5.41, 5.74) is 2.50. The molecule has 0 spiro atoms. The molecule has 0 radical (unpaired) electrons. The summed E-state index contributed by atoms with van der Waals surface area (Å²) in [4.78, 5) is 11.7. The summed E-state index contributed by atoms with van der Waals surface area (Å²) in [7, 11) is 1.57. The van der Waals surface area contributed by atoms with Crippen molar-refractivity contribution in [2.75, 3.05) is 13.7 Å². The van der Waals surface area contributed by atoms with E-state index >= 15 is 0 Å². The number of rotatable bonds is 6. The molecule has 1 aliphatic rings. The summed E-state index contributed by atoms with van der Waals surface area (Å²) in [6.45, 7) is -0.0810. The van der Waals surface area contributed by atoms with Crippen LogP contribution < -0.4 is 14.9 Å². The molecule has 0 atom stereocenters. The summed E-state index contributed by atoms with van der Waals surface area (Å²) in [6.07, 6.45) is 7.99. The van der Waals surface area contributed by atoms with E-state index in [9.17, 15) is 4.79 Å². The second-order valence-corrected chi connectivity index (χ2v) is 5.15. The molecule has 1 fully saturated rings. The van der Waals surface area contributed by atoms with Crippen molar-refractivity contribution in [1.82, 2.24) is 5.43 Å². The molecule has 114 valence electrons. The van der Waals surface area contributed by atoms with E-state index in [1.165, 1.54) is 19.3 Å². The van der Waals surface area contributed by atoms with Crippen LogP contribution in [0.15, 0.2) is 29.4 Å². The molecule has 1 N–H and O–H groups in total. The van der Waals surface area contributed by atoms with Crippen LogP contribution in [0.4, 0.5) is 0 Å². The number of ether oxygens (including phenoxy) is 2. The Labute approximate surface area is 125 Å². The van der Waals surface area contributed by atoms with E-state index in [1.54, 1.807) is 19.2 Å². The van der Waals surface area contributed by atoms with Gasteiger partial charge in [0.05, 0.1) is 7.11 Å². The van der Waals surface area contributed by atoms with Crippen LogP contribution in [0.2, 0.25) is 0 Å². The fourth-order valence-corrected chi connectivity index (χ4v) is 2.41. The minimum absolute atomic E-state index is 0.0810. The molecule has 0 heterocycles. The number of nitrogens with zero attached hydrogens (tertiary/aromatic N) is 1. The first-order valence-electron chi connectivity index (χ1n) is 7.37. The molecule has 1 aromatic rings. The Hall–Kier alpha value is -2.04. The second-order valence-electron chi connectivity index (χ2n) is 5.15. The van der Waals surface area contributed by atoms with Gasteiger partial charge in [-0.2, -0.15) is 5.10 Å². The van der Waals surface area contributed by atoms with Crippen molar-refractivity contribution in [2.24, 2.45) is 11.0 Å². The number of amides is 1. The lowest BCUT2D eigenvalue weighted by Gasteiger charge is -2.16. The van der Waals surface area contributed by atoms with Gasteiger partial charge in [0.15, 0.2) is 18.1 Å². The lowest BCUT2D eigenvalue weighted by Crippen LogP contribution is -2.25. The van der Waals surface area contributed by atoms with E-state index in [-0.39, 0.29) is 12.5 Å². The van der Waals surface area contributed by atoms with E-state index in [2.05, 4.69) is 10.5 Å². The number of methoxy groups -OCH3 is 1. The maximum Gasteiger partial charge on any atom is 0.277 e. The van der Waals surface area contributed by atoms with Crippen LogP contribution in [0.5, 0.6) is 11.5 Å². The van der Waals surface area contributed by atoms with E-state index in [1.807, 2.05) is 18.3 Å². The van der Waals surface area contributed by atoms with Gasteiger partial charge >= 0.3 is 0 Å². The monoisotopic (exact) mass is 290 g/mol. The Balaban J connectivity index is 1.73. The molecule has 1 saturated carbocycles. The lowest BCUT2D eigenvalue weighted by atomic mass is 9.90. The van der Waals surface area contributed by atoms with Gasteiger partial charge in [-0.05, 0) is 30.9 Å². The van der Waals surface area contributed by atoms with Gasteiger partial charge in [0, 0.05) is 6.21 Å². The molecule has 1 aromatic carbocycles.